The topological polar surface area (TPSA) is 54.4 Å². The molecule has 0 aliphatic heterocycles. The van der Waals surface area contributed by atoms with Crippen molar-refractivity contribution < 1.29 is 22.3 Å². The first-order chi connectivity index (χ1) is 8.85. The van der Waals surface area contributed by atoms with E-state index in [1.807, 2.05) is 0 Å². The van der Waals surface area contributed by atoms with Gasteiger partial charge in [0.1, 0.15) is 9.84 Å². The summed E-state index contributed by atoms with van der Waals surface area (Å²) in [5.74, 6) is 0.127. The maximum atomic E-state index is 12.3. The minimum absolute atomic E-state index is 0.0374. The molecule has 1 aromatic rings. The van der Waals surface area contributed by atoms with Crippen molar-refractivity contribution in [2.45, 2.75) is 32.3 Å². The predicted molar refractivity (Wildman–Crippen MR) is 69.9 cm³/mol. The molecule has 0 saturated heterocycles. The molecule has 1 unspecified atom stereocenters. The maximum absolute atomic E-state index is 12.3. The lowest BCUT2D eigenvalue weighted by Crippen LogP contribution is -2.10. The van der Waals surface area contributed by atoms with Crippen LogP contribution in [-0.4, -0.2) is 25.0 Å². The zero-order valence-corrected chi connectivity index (χ0v) is 11.5. The van der Waals surface area contributed by atoms with E-state index in [0.717, 1.165) is 0 Å². The number of alkyl halides is 2. The Labute approximate surface area is 112 Å². The highest BCUT2D eigenvalue weighted by Crippen LogP contribution is 2.23. The van der Waals surface area contributed by atoms with Crippen molar-refractivity contribution >= 4 is 9.84 Å². The number of sulfone groups is 1. The summed E-state index contributed by atoms with van der Waals surface area (Å²) in [5.41, 5.74) is 0.433. The molecule has 0 fully saturated rings. The van der Waals surface area contributed by atoms with Crippen LogP contribution in [-0.2, 0) is 9.84 Å². The molecule has 3 nitrogen and oxygen atoms in total. The fourth-order valence-corrected chi connectivity index (χ4v) is 2.57. The van der Waals surface area contributed by atoms with Gasteiger partial charge in [0.2, 0.25) is 0 Å². The summed E-state index contributed by atoms with van der Waals surface area (Å²) in [7, 11) is -3.03. The van der Waals surface area contributed by atoms with Crippen LogP contribution in [0.4, 0.5) is 8.78 Å². The van der Waals surface area contributed by atoms with E-state index in [1.165, 1.54) is 24.3 Å². The third-order valence-corrected chi connectivity index (χ3v) is 4.74. The number of hydrogen-bond acceptors (Lipinski definition) is 3. The van der Waals surface area contributed by atoms with Crippen LogP contribution in [0.5, 0.6) is 0 Å². The Hall–Kier alpha value is -1.01. The van der Waals surface area contributed by atoms with E-state index in [2.05, 4.69) is 0 Å². The van der Waals surface area contributed by atoms with E-state index < -0.39 is 22.4 Å². The van der Waals surface area contributed by atoms with Crippen molar-refractivity contribution in [3.05, 3.63) is 35.4 Å². The first kappa shape index (κ1) is 16.0. The summed E-state index contributed by atoms with van der Waals surface area (Å²) in [6.07, 6.45) is -2.69. The summed E-state index contributed by atoms with van der Waals surface area (Å²) >= 11 is 0. The van der Waals surface area contributed by atoms with Gasteiger partial charge in [0.25, 0.3) is 6.43 Å². The van der Waals surface area contributed by atoms with E-state index in [9.17, 15) is 22.3 Å². The van der Waals surface area contributed by atoms with E-state index in [4.69, 9.17) is 0 Å². The van der Waals surface area contributed by atoms with Crippen molar-refractivity contribution in [1.29, 1.82) is 0 Å². The molecule has 1 N–H and O–H groups in total. The molecule has 108 valence electrons. The zero-order chi connectivity index (χ0) is 14.5. The Kier molecular flexibility index (Phi) is 5.87. The minimum atomic E-state index is -3.03. The molecule has 0 aliphatic rings. The Balaban J connectivity index is 2.52. The highest BCUT2D eigenvalue weighted by Gasteiger charge is 2.13. The van der Waals surface area contributed by atoms with Crippen LogP contribution in [0.25, 0.3) is 0 Å². The first-order valence-electron chi connectivity index (χ1n) is 6.12. The third kappa shape index (κ3) is 5.24. The normalized spacial score (nSPS) is 13.7. The van der Waals surface area contributed by atoms with Crippen molar-refractivity contribution in [2.24, 2.45) is 0 Å². The standard InChI is InChI=1S/C13H18F2O3S/c1-2-19(17,18)9-3-4-12(16)10-5-7-11(8-6-10)13(14)15/h5-8,12-13,16H,2-4,9H2,1H3. The van der Waals surface area contributed by atoms with Crippen molar-refractivity contribution in [1.82, 2.24) is 0 Å². The number of halogens is 2. The molecular formula is C13H18F2O3S. The van der Waals surface area contributed by atoms with Gasteiger partial charge in [-0.05, 0) is 18.4 Å². The van der Waals surface area contributed by atoms with Crippen LogP contribution < -0.4 is 0 Å². The largest absolute Gasteiger partial charge is 0.388 e. The maximum Gasteiger partial charge on any atom is 0.263 e. The molecule has 6 heteroatoms. The Bertz CT molecular complexity index is 483. The van der Waals surface area contributed by atoms with Crippen molar-refractivity contribution in [3.8, 4) is 0 Å². The summed E-state index contributed by atoms with van der Waals surface area (Å²) in [6.45, 7) is 1.58. The molecule has 0 aromatic heterocycles. The van der Waals surface area contributed by atoms with Gasteiger partial charge in [0.05, 0.1) is 11.9 Å². The molecular weight excluding hydrogens is 274 g/mol. The molecule has 19 heavy (non-hydrogen) atoms. The summed E-state index contributed by atoms with van der Waals surface area (Å²) in [6, 6.07) is 5.43. The molecule has 0 radical (unpaired) electrons. The lowest BCUT2D eigenvalue weighted by Gasteiger charge is -2.11. The van der Waals surface area contributed by atoms with Crippen molar-refractivity contribution in [3.63, 3.8) is 0 Å². The second kappa shape index (κ2) is 6.96. The fraction of sp³-hybridized carbons (Fsp3) is 0.538. The quantitative estimate of drug-likeness (QED) is 0.840. The van der Waals surface area contributed by atoms with Crippen LogP contribution in [0.1, 0.15) is 43.4 Å². The fourth-order valence-electron chi connectivity index (χ4n) is 1.67. The van der Waals surface area contributed by atoms with Gasteiger partial charge in [-0.15, -0.1) is 0 Å². The molecule has 0 saturated carbocycles. The van der Waals surface area contributed by atoms with Crippen molar-refractivity contribution in [2.75, 3.05) is 11.5 Å². The molecule has 1 aromatic carbocycles. The Morgan fingerprint density at radius 3 is 2.16 bits per heavy atom. The Morgan fingerprint density at radius 2 is 1.68 bits per heavy atom. The second-order valence-corrected chi connectivity index (χ2v) is 6.83. The molecule has 1 rings (SSSR count). The highest BCUT2D eigenvalue weighted by atomic mass is 32.2. The lowest BCUT2D eigenvalue weighted by molar-refractivity contribution is 0.150. The first-order valence-corrected chi connectivity index (χ1v) is 7.94. The smallest absolute Gasteiger partial charge is 0.263 e. The van der Waals surface area contributed by atoms with Gasteiger partial charge >= 0.3 is 0 Å². The van der Waals surface area contributed by atoms with Gasteiger partial charge in [0, 0.05) is 11.3 Å². The van der Waals surface area contributed by atoms with Gasteiger partial charge in [-0.2, -0.15) is 0 Å². The van der Waals surface area contributed by atoms with Crippen LogP contribution in [0, 0.1) is 0 Å². The average molecular weight is 292 g/mol. The van der Waals surface area contributed by atoms with E-state index in [1.54, 1.807) is 6.92 Å². The number of rotatable bonds is 7. The van der Waals surface area contributed by atoms with Gasteiger partial charge in [0.15, 0.2) is 0 Å². The lowest BCUT2D eigenvalue weighted by atomic mass is 10.0. The third-order valence-electron chi connectivity index (χ3n) is 2.95. The molecule has 0 aliphatic carbocycles. The van der Waals surface area contributed by atoms with E-state index in [0.29, 0.717) is 18.4 Å². The number of benzene rings is 1. The van der Waals surface area contributed by atoms with Gasteiger partial charge in [-0.25, -0.2) is 17.2 Å². The van der Waals surface area contributed by atoms with Crippen LogP contribution in [0.15, 0.2) is 24.3 Å². The number of aliphatic hydroxyl groups is 1. The average Bonchev–Trinajstić information content (AvgIpc) is 2.38. The molecule has 0 bridgehead atoms. The van der Waals surface area contributed by atoms with Crippen LogP contribution in [0.2, 0.25) is 0 Å². The number of aliphatic hydroxyl groups excluding tert-OH is 1. The van der Waals surface area contributed by atoms with Gasteiger partial charge in [-0.3, -0.25) is 0 Å². The molecule has 0 spiro atoms. The summed E-state index contributed by atoms with van der Waals surface area (Å²) in [4.78, 5) is 0. The molecule has 1 atom stereocenters. The highest BCUT2D eigenvalue weighted by molar-refractivity contribution is 7.91. The second-order valence-electron chi connectivity index (χ2n) is 4.36. The van der Waals surface area contributed by atoms with E-state index in [-0.39, 0.29) is 17.1 Å². The van der Waals surface area contributed by atoms with Crippen LogP contribution >= 0.6 is 0 Å². The predicted octanol–water partition coefficient (Wildman–Crippen LogP) is 2.87. The zero-order valence-electron chi connectivity index (χ0n) is 10.7. The minimum Gasteiger partial charge on any atom is -0.388 e. The summed E-state index contributed by atoms with van der Waals surface area (Å²) in [5, 5.41) is 9.84. The SMILES string of the molecule is CCS(=O)(=O)CCCC(O)c1ccc(C(F)F)cc1. The molecule has 0 heterocycles. The van der Waals surface area contributed by atoms with Gasteiger partial charge < -0.3 is 5.11 Å². The van der Waals surface area contributed by atoms with Gasteiger partial charge in [-0.1, -0.05) is 31.2 Å². The Morgan fingerprint density at radius 1 is 1.16 bits per heavy atom. The molecule has 0 amide bonds. The number of hydrogen-bond donors (Lipinski definition) is 1. The summed E-state index contributed by atoms with van der Waals surface area (Å²) < 4.78 is 47.2. The monoisotopic (exact) mass is 292 g/mol. The van der Waals surface area contributed by atoms with E-state index >= 15 is 0 Å². The van der Waals surface area contributed by atoms with Crippen LogP contribution in [0.3, 0.4) is 0 Å².